The fourth-order valence-electron chi connectivity index (χ4n) is 6.22. The van der Waals surface area contributed by atoms with E-state index in [4.69, 9.17) is 25.3 Å². The molecule has 0 radical (unpaired) electrons. The molecule has 0 amide bonds. The number of nitrogens with one attached hydrogen (secondary N) is 2. The summed E-state index contributed by atoms with van der Waals surface area (Å²) in [5, 5.41) is 37.0. The number of hydrogen-bond acceptors (Lipinski definition) is 8. The summed E-state index contributed by atoms with van der Waals surface area (Å²) in [7, 11) is -0.696. The SMILES string of the molecule is [Ni+2].[Ni+2].[O-]c1ccccc1/C=N/NC([S-])=Nc1ccccc1.[O-]c1ccccc1/C=N/NC([S-])=Nc1ccccc1.c1ccc(P(CCP(c2ccccc2)c2ccccc2)c2ccccc2)cc1. The average Bonchev–Trinajstić information content (AvgIpc) is 3.36. The fraction of sp³-hybridized carbons (Fsp3) is 0.0370. The Morgan fingerprint density at radius 3 is 0.912 bits per heavy atom. The van der Waals surface area contributed by atoms with Crippen LogP contribution in [0.1, 0.15) is 11.1 Å². The molecule has 0 saturated heterocycles. The van der Waals surface area contributed by atoms with Gasteiger partial charge < -0.3 is 35.5 Å². The molecule has 0 bridgehead atoms. The molecule has 0 aromatic heterocycles. The van der Waals surface area contributed by atoms with Gasteiger partial charge in [0, 0.05) is 10.3 Å². The first-order valence-electron chi connectivity index (χ1n) is 20.9. The maximum absolute atomic E-state index is 11.4. The average molecular weight is 1050 g/mol. The molecule has 68 heavy (non-hydrogen) atoms. The van der Waals surface area contributed by atoms with E-state index in [1.165, 1.54) is 58.1 Å². The van der Waals surface area contributed by atoms with Crippen LogP contribution in [-0.4, -0.2) is 35.1 Å². The summed E-state index contributed by atoms with van der Waals surface area (Å²) in [6, 6.07) is 76.1. The Morgan fingerprint density at radius 1 is 0.382 bits per heavy atom. The molecule has 0 aliphatic carbocycles. The second kappa shape index (κ2) is 31.1. The molecule has 0 aliphatic heterocycles. The Morgan fingerprint density at radius 2 is 0.632 bits per heavy atom. The molecule has 0 fully saturated rings. The van der Waals surface area contributed by atoms with Gasteiger partial charge in [0.2, 0.25) is 0 Å². The van der Waals surface area contributed by atoms with Crippen LogP contribution in [0.25, 0.3) is 0 Å². The molecule has 8 nitrogen and oxygen atoms in total. The normalized spacial score (nSPS) is 11.1. The number of hydrazone groups is 2. The van der Waals surface area contributed by atoms with Gasteiger partial charge in [-0.25, -0.2) is 0 Å². The second-order valence-electron chi connectivity index (χ2n) is 14.0. The second-order valence-corrected chi connectivity index (χ2v) is 19.4. The number of nitrogens with zero attached hydrogens (tertiary/aromatic N) is 4. The van der Waals surface area contributed by atoms with Gasteiger partial charge in [-0.3, -0.25) is 20.8 Å². The van der Waals surface area contributed by atoms with E-state index >= 15 is 0 Å². The Balaban J connectivity index is 0.000000226. The van der Waals surface area contributed by atoms with Gasteiger partial charge in [-0.15, -0.1) is 0 Å². The molecule has 0 atom stereocenters. The van der Waals surface area contributed by atoms with Crippen molar-refractivity contribution in [3.8, 4) is 11.5 Å². The van der Waals surface area contributed by atoms with Crippen molar-refractivity contribution in [2.75, 3.05) is 12.3 Å². The summed E-state index contributed by atoms with van der Waals surface area (Å²) >= 11 is 10.0. The summed E-state index contributed by atoms with van der Waals surface area (Å²) in [6.45, 7) is 0. The first-order valence-corrected chi connectivity index (χ1v) is 24.8. The summed E-state index contributed by atoms with van der Waals surface area (Å²) in [5.41, 5.74) is 7.70. The first-order chi connectivity index (χ1) is 32.4. The maximum Gasteiger partial charge on any atom is 2.00 e. The number of hydrogen-bond donors (Lipinski definition) is 2. The summed E-state index contributed by atoms with van der Waals surface area (Å²) in [5.74, 6) is -0.169. The molecule has 0 spiro atoms. The molecule has 8 aromatic carbocycles. The molecule has 0 aliphatic rings. The van der Waals surface area contributed by atoms with Crippen LogP contribution in [0, 0.1) is 0 Å². The van der Waals surface area contributed by atoms with E-state index in [1.807, 2.05) is 60.7 Å². The maximum atomic E-state index is 11.4. The Hall–Kier alpha value is -6.07. The van der Waals surface area contributed by atoms with Crippen molar-refractivity contribution in [2.45, 2.75) is 0 Å². The minimum Gasteiger partial charge on any atom is -0.872 e. The van der Waals surface area contributed by atoms with E-state index in [0.29, 0.717) is 11.1 Å². The monoisotopic (exact) mass is 1050 g/mol. The predicted octanol–water partition coefficient (Wildman–Crippen LogP) is 9.08. The van der Waals surface area contributed by atoms with E-state index in [9.17, 15) is 10.2 Å². The summed E-state index contributed by atoms with van der Waals surface area (Å²) in [4.78, 5) is 8.28. The minimum absolute atomic E-state index is 0. The standard InChI is InChI=1S/C26H24P2.2C14H13N3OS.2Ni/c1-5-13-23(14-6-1)27(24-15-7-2-8-16-24)21-22-28(25-17-9-3-10-18-25)26-19-11-4-12-20-26;2*18-13-9-5-4-6-11(13)10-15-17-14(19)16-12-7-2-1-3-8-12;;/h1-20H,21-22H2;2*1-10,18H,(H2,16,17,19);;/q;;;2*+2/p-4/b;2*15-10+;;. The topological polar surface area (TPSA) is 120 Å². The van der Waals surface area contributed by atoms with Crippen LogP contribution in [0.3, 0.4) is 0 Å². The molecule has 346 valence electrons. The van der Waals surface area contributed by atoms with E-state index in [2.05, 4.69) is 152 Å². The Bertz CT molecular complexity index is 2500. The van der Waals surface area contributed by atoms with Crippen molar-refractivity contribution in [1.29, 1.82) is 0 Å². The predicted molar refractivity (Wildman–Crippen MR) is 283 cm³/mol. The zero-order valence-electron chi connectivity index (χ0n) is 36.5. The number of amidine groups is 2. The largest absolute Gasteiger partial charge is 2.00 e. The van der Waals surface area contributed by atoms with Crippen molar-refractivity contribution in [2.24, 2.45) is 20.2 Å². The van der Waals surface area contributed by atoms with Crippen LogP contribution in [-0.2, 0) is 58.2 Å². The Labute approximate surface area is 433 Å². The quantitative estimate of drug-likeness (QED) is 0.0297. The van der Waals surface area contributed by atoms with Crippen molar-refractivity contribution in [3.05, 3.63) is 242 Å². The molecule has 14 heteroatoms. The van der Waals surface area contributed by atoms with E-state index in [1.54, 1.807) is 36.4 Å². The molecular formula is C54H46N6Ni2O2P2S2. The van der Waals surface area contributed by atoms with E-state index in [-0.39, 0.29) is 70.7 Å². The number of aliphatic imine (C=N–C) groups is 2. The molecular weight excluding hydrogens is 1010 g/mol. The van der Waals surface area contributed by atoms with Gasteiger partial charge in [0.05, 0.1) is 23.8 Å². The van der Waals surface area contributed by atoms with Gasteiger partial charge in [0.15, 0.2) is 0 Å². The van der Waals surface area contributed by atoms with Gasteiger partial charge in [-0.05, 0) is 84.8 Å². The minimum atomic E-state index is -0.348. The summed E-state index contributed by atoms with van der Waals surface area (Å²) < 4.78 is 0. The molecule has 2 N–H and O–H groups in total. The van der Waals surface area contributed by atoms with Crippen molar-refractivity contribution in [1.82, 2.24) is 10.9 Å². The van der Waals surface area contributed by atoms with Crippen LogP contribution >= 0.6 is 15.8 Å². The molecule has 0 unspecified atom stereocenters. The first kappa shape index (κ1) is 54.5. The third-order valence-electron chi connectivity index (χ3n) is 9.36. The van der Waals surface area contributed by atoms with Gasteiger partial charge in [0.1, 0.15) is 0 Å². The zero-order chi connectivity index (χ0) is 46.0. The van der Waals surface area contributed by atoms with Gasteiger partial charge >= 0.3 is 33.0 Å². The van der Waals surface area contributed by atoms with Crippen LogP contribution in [0.4, 0.5) is 11.4 Å². The molecule has 8 rings (SSSR count). The van der Waals surface area contributed by atoms with Crippen molar-refractivity contribution < 1.29 is 43.2 Å². The number of rotatable bonds is 13. The number of para-hydroxylation sites is 4. The zero-order valence-corrected chi connectivity index (χ0v) is 41.9. The third-order valence-corrected chi connectivity index (χ3v) is 15.1. The van der Waals surface area contributed by atoms with Crippen molar-refractivity contribution in [3.63, 3.8) is 0 Å². The van der Waals surface area contributed by atoms with Gasteiger partial charge in [-0.2, -0.15) is 10.2 Å². The fourth-order valence-corrected chi connectivity index (χ4v) is 11.9. The summed E-state index contributed by atoms with van der Waals surface area (Å²) in [6.07, 6.45) is 5.27. The smallest absolute Gasteiger partial charge is 0.872 e. The van der Waals surface area contributed by atoms with Crippen LogP contribution in [0.15, 0.2) is 251 Å². The van der Waals surface area contributed by atoms with Gasteiger partial charge in [-0.1, -0.05) is 218 Å². The number of benzene rings is 8. The third kappa shape index (κ3) is 18.9. The van der Waals surface area contributed by atoms with Crippen LogP contribution < -0.4 is 42.3 Å². The van der Waals surface area contributed by atoms with Crippen LogP contribution in [0.5, 0.6) is 11.5 Å². The Kier molecular flexibility index (Phi) is 24.9. The van der Waals surface area contributed by atoms with Gasteiger partial charge in [0.25, 0.3) is 0 Å². The molecule has 0 saturated carbocycles. The molecule has 0 heterocycles. The van der Waals surface area contributed by atoms with E-state index in [0.717, 1.165) is 11.4 Å². The van der Waals surface area contributed by atoms with Crippen LogP contribution in [0.2, 0.25) is 0 Å². The van der Waals surface area contributed by atoms with E-state index < -0.39 is 0 Å². The van der Waals surface area contributed by atoms with Crippen molar-refractivity contribution >= 4 is 96.5 Å². The molecule has 8 aromatic rings.